The van der Waals surface area contributed by atoms with E-state index >= 15 is 0 Å². The van der Waals surface area contributed by atoms with Crippen LogP contribution in [-0.2, 0) is 9.30 Å². The van der Waals surface area contributed by atoms with E-state index in [1.807, 2.05) is 20.8 Å². The van der Waals surface area contributed by atoms with Crippen LogP contribution < -0.4 is 0 Å². The smallest absolute Gasteiger partial charge is 0.318 e. The molecule has 7 heteroatoms. The number of rotatable bonds is 4. The molecule has 0 aliphatic rings. The first-order valence-corrected chi connectivity index (χ1v) is 5.64. The van der Waals surface area contributed by atoms with Crippen molar-refractivity contribution in [2.24, 2.45) is 5.41 Å². The third-order valence-electron chi connectivity index (χ3n) is 1.47. The maximum Gasteiger partial charge on any atom is 0.459 e. The fraction of sp³-hybridized carbons (Fsp3) is 1.00. The quantitative estimate of drug-likeness (QED) is 0.729. The lowest BCUT2D eigenvalue weighted by Gasteiger charge is -2.21. The van der Waals surface area contributed by atoms with Gasteiger partial charge >= 0.3 is 13.4 Å². The Morgan fingerprint density at radius 1 is 1.29 bits per heavy atom. The zero-order valence-electron chi connectivity index (χ0n) is 8.33. The van der Waals surface area contributed by atoms with Crippen molar-refractivity contribution in [3.8, 4) is 0 Å². The van der Waals surface area contributed by atoms with E-state index in [-0.39, 0.29) is 12.0 Å². The molecule has 0 aliphatic carbocycles. The molecule has 2 N–H and O–H groups in total. The zero-order valence-corrected chi connectivity index (χ0v) is 9.22. The van der Waals surface area contributed by atoms with Gasteiger partial charge in [-0.3, -0.25) is 4.57 Å². The van der Waals surface area contributed by atoms with Crippen molar-refractivity contribution in [3.05, 3.63) is 0 Å². The van der Waals surface area contributed by atoms with Gasteiger partial charge in [0.25, 0.3) is 0 Å². The molecule has 0 aliphatic heterocycles. The Hall–Kier alpha value is -0.0300. The van der Waals surface area contributed by atoms with E-state index in [1.165, 1.54) is 0 Å². The van der Waals surface area contributed by atoms with Gasteiger partial charge in [0.15, 0.2) is 0 Å². The Bertz CT molecular complexity index is 230. The van der Waals surface area contributed by atoms with Crippen LogP contribution in [0.25, 0.3) is 0 Å². The highest BCUT2D eigenvalue weighted by atomic mass is 31.2. The molecule has 0 aromatic carbocycles. The summed E-state index contributed by atoms with van der Waals surface area (Å²) in [5.74, 6) is -4.38. The molecular formula is C7H15F2O4P. The number of ether oxygens (including phenoxy) is 1. The first kappa shape index (κ1) is 14.0. The summed E-state index contributed by atoms with van der Waals surface area (Å²) in [5, 5.41) is 0. The van der Waals surface area contributed by atoms with E-state index in [0.717, 1.165) is 0 Å². The molecule has 86 valence electrons. The Morgan fingerprint density at radius 2 is 1.71 bits per heavy atom. The molecule has 0 amide bonds. The molecule has 0 bridgehead atoms. The number of alkyl halides is 2. The van der Waals surface area contributed by atoms with Crippen LogP contribution in [0.1, 0.15) is 27.2 Å². The van der Waals surface area contributed by atoms with E-state index in [9.17, 15) is 13.3 Å². The summed E-state index contributed by atoms with van der Waals surface area (Å²) in [6, 6.07) is 0. The molecule has 0 spiro atoms. The van der Waals surface area contributed by atoms with Crippen molar-refractivity contribution in [1.29, 1.82) is 0 Å². The molecule has 4 nitrogen and oxygen atoms in total. The van der Waals surface area contributed by atoms with Crippen molar-refractivity contribution in [2.75, 3.05) is 6.61 Å². The van der Waals surface area contributed by atoms with Crippen LogP contribution in [0.3, 0.4) is 0 Å². The highest BCUT2D eigenvalue weighted by molar-refractivity contribution is 7.52. The first-order valence-electron chi connectivity index (χ1n) is 4.03. The van der Waals surface area contributed by atoms with Crippen LogP contribution in [0.4, 0.5) is 8.78 Å². The van der Waals surface area contributed by atoms with Gasteiger partial charge in [-0.25, -0.2) is 0 Å². The topological polar surface area (TPSA) is 66.8 Å². The highest BCUT2D eigenvalue weighted by Crippen LogP contribution is 2.53. The maximum atomic E-state index is 12.5. The number of hydrogen-bond donors (Lipinski definition) is 2. The van der Waals surface area contributed by atoms with Crippen LogP contribution in [0.5, 0.6) is 0 Å². The van der Waals surface area contributed by atoms with Crippen molar-refractivity contribution in [3.63, 3.8) is 0 Å². The molecular weight excluding hydrogens is 217 g/mol. The summed E-state index contributed by atoms with van der Waals surface area (Å²) in [7, 11) is -5.51. The zero-order chi connectivity index (χ0) is 11.6. The summed E-state index contributed by atoms with van der Waals surface area (Å²) in [5.41, 5.74) is -0.217. The lowest BCUT2D eigenvalue weighted by Crippen LogP contribution is -2.23. The summed E-state index contributed by atoms with van der Waals surface area (Å²) in [6.07, 6.45) is 0.294. The van der Waals surface area contributed by atoms with Crippen molar-refractivity contribution < 1.29 is 27.9 Å². The standard InChI is InChI=1S/C7H15F2O4P/c1-6(2,3)4-5-13-7(8,9)14(10,11)12/h4-5H2,1-3H3,(H2,10,11,12). The third kappa shape index (κ3) is 5.00. The van der Waals surface area contributed by atoms with Gasteiger partial charge in [-0.2, -0.15) is 8.78 Å². The van der Waals surface area contributed by atoms with Crippen LogP contribution in [0.2, 0.25) is 0 Å². The molecule has 0 unspecified atom stereocenters. The van der Waals surface area contributed by atoms with E-state index < -0.39 is 13.4 Å². The summed E-state index contributed by atoms with van der Waals surface area (Å²) in [6.45, 7) is 5.05. The number of halogens is 2. The van der Waals surface area contributed by atoms with Gasteiger partial charge in [0.2, 0.25) is 0 Å². The minimum Gasteiger partial charge on any atom is -0.318 e. The number of hydrogen-bond acceptors (Lipinski definition) is 2. The fourth-order valence-electron chi connectivity index (χ4n) is 0.564. The second-order valence-electron chi connectivity index (χ2n) is 4.19. The third-order valence-corrected chi connectivity index (χ3v) is 2.27. The van der Waals surface area contributed by atoms with Crippen molar-refractivity contribution >= 4 is 7.60 Å². The van der Waals surface area contributed by atoms with E-state index in [4.69, 9.17) is 9.79 Å². The molecule has 0 atom stereocenters. The van der Waals surface area contributed by atoms with Gasteiger partial charge in [0.05, 0.1) is 6.61 Å². The molecule has 0 heterocycles. The minimum absolute atomic E-state index is 0.217. The van der Waals surface area contributed by atoms with Gasteiger partial charge in [-0.1, -0.05) is 20.8 Å². The average Bonchev–Trinajstić information content (AvgIpc) is 1.80. The molecule has 0 fully saturated rings. The molecule has 0 rings (SSSR count). The van der Waals surface area contributed by atoms with E-state index in [2.05, 4.69) is 4.74 Å². The predicted octanol–water partition coefficient (Wildman–Crippen LogP) is 2.17. The average molecular weight is 232 g/mol. The molecule has 0 saturated heterocycles. The minimum atomic E-state index is -5.51. The fourth-order valence-corrected chi connectivity index (χ4v) is 0.824. The van der Waals surface area contributed by atoms with Gasteiger partial charge in [-0.15, -0.1) is 0 Å². The molecule has 0 radical (unpaired) electrons. The summed E-state index contributed by atoms with van der Waals surface area (Å²) < 4.78 is 39.1. The molecule has 0 aromatic heterocycles. The molecule has 0 aromatic rings. The Kier molecular flexibility index (Phi) is 4.22. The Labute approximate surface area is 81.4 Å². The first-order chi connectivity index (χ1) is 5.96. The van der Waals surface area contributed by atoms with Crippen LogP contribution >= 0.6 is 7.60 Å². The van der Waals surface area contributed by atoms with E-state index in [1.54, 1.807) is 0 Å². The lowest BCUT2D eigenvalue weighted by molar-refractivity contribution is -0.187. The Morgan fingerprint density at radius 3 is 2.00 bits per heavy atom. The molecule has 14 heavy (non-hydrogen) atoms. The van der Waals surface area contributed by atoms with Crippen LogP contribution in [0, 0.1) is 5.41 Å². The Balaban J connectivity index is 4.09. The van der Waals surface area contributed by atoms with Gasteiger partial charge in [0, 0.05) is 0 Å². The second kappa shape index (κ2) is 4.23. The molecule has 0 saturated carbocycles. The largest absolute Gasteiger partial charge is 0.459 e. The monoisotopic (exact) mass is 232 g/mol. The maximum absolute atomic E-state index is 12.5. The summed E-state index contributed by atoms with van der Waals surface area (Å²) >= 11 is 0. The van der Waals surface area contributed by atoms with Gasteiger partial charge in [-0.05, 0) is 11.8 Å². The van der Waals surface area contributed by atoms with Gasteiger partial charge < -0.3 is 14.5 Å². The normalized spacial score (nSPS) is 14.5. The predicted molar refractivity (Wildman–Crippen MR) is 47.0 cm³/mol. The van der Waals surface area contributed by atoms with Crippen molar-refractivity contribution in [2.45, 2.75) is 33.0 Å². The van der Waals surface area contributed by atoms with Crippen LogP contribution in [0.15, 0.2) is 0 Å². The van der Waals surface area contributed by atoms with Crippen molar-refractivity contribution in [1.82, 2.24) is 0 Å². The highest BCUT2D eigenvalue weighted by Gasteiger charge is 2.50. The SMILES string of the molecule is CC(C)(C)CCOC(F)(F)P(=O)(O)O. The van der Waals surface area contributed by atoms with Crippen LogP contribution in [-0.4, -0.2) is 22.2 Å². The van der Waals surface area contributed by atoms with E-state index in [0.29, 0.717) is 6.42 Å². The summed E-state index contributed by atoms with van der Waals surface area (Å²) in [4.78, 5) is 16.4. The second-order valence-corrected chi connectivity index (χ2v) is 5.80. The lowest BCUT2D eigenvalue weighted by atomic mass is 9.93. The van der Waals surface area contributed by atoms with Gasteiger partial charge in [0.1, 0.15) is 0 Å².